The molecule has 2 nitrogen and oxygen atoms in total. The molecule has 0 aliphatic heterocycles. The van der Waals surface area contributed by atoms with Crippen LogP contribution < -0.4 is 4.74 Å². The molecule has 0 heterocycles. The number of ether oxygens (including phenoxy) is 2. The van der Waals surface area contributed by atoms with E-state index in [-0.39, 0.29) is 23.8 Å². The van der Waals surface area contributed by atoms with Crippen LogP contribution in [0.4, 0.5) is 48.3 Å². The summed E-state index contributed by atoms with van der Waals surface area (Å²) in [6.07, 6.45) is -9.54. The zero-order chi connectivity index (χ0) is 25.4. The van der Waals surface area contributed by atoms with Crippen LogP contribution in [0, 0.1) is 5.92 Å². The molecule has 0 amide bonds. The molecule has 0 radical (unpaired) electrons. The maximum atomic E-state index is 14.2. The molecule has 0 aliphatic rings. The Kier molecular flexibility index (Phi) is 7.82. The van der Waals surface area contributed by atoms with E-state index in [1.165, 1.54) is 12.1 Å². The summed E-state index contributed by atoms with van der Waals surface area (Å²) in [6.45, 7) is 4.70. The molecule has 0 spiro atoms. The van der Waals surface area contributed by atoms with Gasteiger partial charge in [0.2, 0.25) is 0 Å². The lowest BCUT2D eigenvalue weighted by Gasteiger charge is -2.40. The largest absolute Gasteiger partial charge is 0.493 e. The van der Waals surface area contributed by atoms with Crippen molar-refractivity contribution in [2.75, 3.05) is 13.7 Å². The summed E-state index contributed by atoms with van der Waals surface area (Å²) < 4.78 is 156. The van der Waals surface area contributed by atoms with E-state index < -0.39 is 41.9 Å². The Bertz CT molecular complexity index is 758. The van der Waals surface area contributed by atoms with Crippen molar-refractivity contribution in [2.24, 2.45) is 5.92 Å². The average molecular weight is 490 g/mol. The van der Waals surface area contributed by atoms with E-state index in [1.54, 1.807) is 0 Å². The molecule has 1 aromatic carbocycles. The van der Waals surface area contributed by atoms with Crippen molar-refractivity contribution in [3.05, 3.63) is 29.8 Å². The zero-order valence-electron chi connectivity index (χ0n) is 17.3. The van der Waals surface area contributed by atoms with Gasteiger partial charge in [0.05, 0.1) is 18.6 Å². The monoisotopic (exact) mass is 490 g/mol. The van der Waals surface area contributed by atoms with Crippen LogP contribution in [0.1, 0.15) is 32.8 Å². The molecule has 1 rings (SSSR count). The fourth-order valence-corrected chi connectivity index (χ4v) is 2.60. The lowest BCUT2D eigenvalue weighted by molar-refractivity contribution is -0.424. The van der Waals surface area contributed by atoms with Gasteiger partial charge < -0.3 is 9.47 Å². The number of methoxy groups -OCH3 is 1. The third-order valence-electron chi connectivity index (χ3n) is 4.66. The van der Waals surface area contributed by atoms with Crippen molar-refractivity contribution in [3.8, 4) is 5.75 Å². The molecule has 186 valence electrons. The van der Waals surface area contributed by atoms with Crippen molar-refractivity contribution < 1.29 is 57.8 Å². The van der Waals surface area contributed by atoms with Gasteiger partial charge >= 0.3 is 29.9 Å². The summed E-state index contributed by atoms with van der Waals surface area (Å²) in [6, 6.07) is 4.63. The van der Waals surface area contributed by atoms with Crippen molar-refractivity contribution >= 4 is 0 Å². The molecule has 0 fully saturated rings. The van der Waals surface area contributed by atoms with Gasteiger partial charge in [-0.25, -0.2) is 0 Å². The molecular weight excluding hydrogens is 469 g/mol. The molecule has 1 aromatic rings. The second kappa shape index (κ2) is 8.86. The molecular formula is C19H21F11O2. The number of hydrogen-bond acceptors (Lipinski definition) is 2. The van der Waals surface area contributed by atoms with Gasteiger partial charge in [0.1, 0.15) is 5.75 Å². The van der Waals surface area contributed by atoms with Crippen molar-refractivity contribution in [1.29, 1.82) is 0 Å². The second-order valence-corrected chi connectivity index (χ2v) is 7.77. The highest BCUT2D eigenvalue weighted by Crippen LogP contribution is 2.59. The van der Waals surface area contributed by atoms with Gasteiger partial charge in [-0.1, -0.05) is 26.0 Å². The van der Waals surface area contributed by atoms with Gasteiger partial charge in [-0.3, -0.25) is 0 Å². The van der Waals surface area contributed by atoms with Crippen LogP contribution in [-0.2, 0) is 10.3 Å². The zero-order valence-corrected chi connectivity index (χ0v) is 17.3. The van der Waals surface area contributed by atoms with Gasteiger partial charge in [-0.15, -0.1) is 0 Å². The van der Waals surface area contributed by atoms with E-state index in [4.69, 9.17) is 9.47 Å². The minimum Gasteiger partial charge on any atom is -0.493 e. The Balaban J connectivity index is 3.29. The average Bonchev–Trinajstić information content (AvgIpc) is 2.64. The summed E-state index contributed by atoms with van der Waals surface area (Å²) in [4.78, 5) is 0. The maximum Gasteiger partial charge on any atom is 0.460 e. The third kappa shape index (κ3) is 5.07. The minimum atomic E-state index is -7.45. The van der Waals surface area contributed by atoms with Crippen LogP contribution in [-0.4, -0.2) is 43.6 Å². The first-order valence-electron chi connectivity index (χ1n) is 9.03. The quantitative estimate of drug-likeness (QED) is 0.327. The maximum absolute atomic E-state index is 14.2. The van der Waals surface area contributed by atoms with Crippen LogP contribution in [0.2, 0.25) is 0 Å². The highest BCUT2D eigenvalue weighted by atomic mass is 19.4. The highest BCUT2D eigenvalue weighted by Gasteiger charge is 2.87. The number of benzene rings is 1. The minimum absolute atomic E-state index is 0.122. The first-order valence-corrected chi connectivity index (χ1v) is 9.03. The molecule has 0 bridgehead atoms. The molecule has 0 saturated heterocycles. The van der Waals surface area contributed by atoms with Gasteiger partial charge in [0.15, 0.2) is 0 Å². The summed E-state index contributed by atoms with van der Waals surface area (Å²) in [5.41, 5.74) is -2.73. The van der Waals surface area contributed by atoms with E-state index >= 15 is 0 Å². The molecule has 32 heavy (non-hydrogen) atoms. The van der Waals surface area contributed by atoms with Crippen LogP contribution >= 0.6 is 0 Å². The van der Waals surface area contributed by atoms with E-state index in [2.05, 4.69) is 0 Å². The molecule has 0 aliphatic carbocycles. The van der Waals surface area contributed by atoms with Crippen LogP contribution in [0.5, 0.6) is 5.75 Å². The Morgan fingerprint density at radius 1 is 0.750 bits per heavy atom. The van der Waals surface area contributed by atoms with Crippen LogP contribution in [0.25, 0.3) is 0 Å². The normalized spacial score (nSPS) is 16.2. The smallest absolute Gasteiger partial charge is 0.460 e. The lowest BCUT2D eigenvalue weighted by atomic mass is 9.85. The molecule has 0 saturated carbocycles. The molecule has 1 unspecified atom stereocenters. The predicted molar refractivity (Wildman–Crippen MR) is 91.6 cm³/mol. The summed E-state index contributed by atoms with van der Waals surface area (Å²) in [5, 5.41) is 0. The SMILES string of the molecule is COC(C)(CC(F)(F)C(F)(F)C(F)(F)C(F)(F)C(F)(F)F)c1ccc(OCC(C)C)cc1. The Hall–Kier alpha value is -1.79. The molecule has 0 N–H and O–H groups in total. The molecule has 0 aromatic heterocycles. The first kappa shape index (κ1) is 28.2. The Morgan fingerprint density at radius 2 is 1.22 bits per heavy atom. The summed E-state index contributed by atoms with van der Waals surface area (Å²) in [7, 11) is 0.750. The second-order valence-electron chi connectivity index (χ2n) is 7.77. The van der Waals surface area contributed by atoms with E-state index in [9.17, 15) is 48.3 Å². The standard InChI is InChI=1S/C19H21F11O2/c1-11(2)9-32-13-7-5-12(6-8-13)14(3,31-4)10-15(20,21)16(22,23)17(24,25)18(26,27)19(28,29)30/h5-8,11H,9-10H2,1-4H3. The molecule has 1 atom stereocenters. The van der Waals surface area contributed by atoms with Gasteiger partial charge in [0.25, 0.3) is 0 Å². The lowest BCUT2D eigenvalue weighted by Crippen LogP contribution is -2.67. The van der Waals surface area contributed by atoms with Crippen molar-refractivity contribution in [2.45, 2.75) is 62.7 Å². The molecule has 13 heteroatoms. The number of rotatable bonds is 10. The van der Waals surface area contributed by atoms with E-state index in [1.807, 2.05) is 13.8 Å². The Morgan fingerprint density at radius 3 is 1.59 bits per heavy atom. The fourth-order valence-electron chi connectivity index (χ4n) is 2.60. The predicted octanol–water partition coefficient (Wildman–Crippen LogP) is 7.08. The number of halogens is 11. The van der Waals surface area contributed by atoms with E-state index in [0.29, 0.717) is 0 Å². The summed E-state index contributed by atoms with van der Waals surface area (Å²) >= 11 is 0. The first-order chi connectivity index (χ1) is 14.2. The van der Waals surface area contributed by atoms with Crippen LogP contribution in [0.15, 0.2) is 24.3 Å². The number of alkyl halides is 11. The van der Waals surface area contributed by atoms with Gasteiger partial charge in [-0.05, 0) is 30.5 Å². The van der Waals surface area contributed by atoms with Crippen molar-refractivity contribution in [3.63, 3.8) is 0 Å². The van der Waals surface area contributed by atoms with Crippen LogP contribution in [0.3, 0.4) is 0 Å². The Labute approximate surface area is 176 Å². The fraction of sp³-hybridized carbons (Fsp3) is 0.684. The topological polar surface area (TPSA) is 18.5 Å². The highest BCUT2D eigenvalue weighted by molar-refractivity contribution is 5.31. The third-order valence-corrected chi connectivity index (χ3v) is 4.66. The van der Waals surface area contributed by atoms with Gasteiger partial charge in [0, 0.05) is 7.11 Å². The van der Waals surface area contributed by atoms with E-state index in [0.717, 1.165) is 26.2 Å². The summed E-state index contributed by atoms with van der Waals surface area (Å²) in [5.74, 6) is -27.6. The van der Waals surface area contributed by atoms with Crippen molar-refractivity contribution in [1.82, 2.24) is 0 Å². The van der Waals surface area contributed by atoms with Gasteiger partial charge in [-0.2, -0.15) is 48.3 Å². The number of hydrogen-bond donors (Lipinski definition) is 0.